The summed E-state index contributed by atoms with van der Waals surface area (Å²) < 4.78 is 11.4. The van der Waals surface area contributed by atoms with Gasteiger partial charge in [0.25, 0.3) is 5.91 Å². The Balaban J connectivity index is 1.95. The fourth-order valence-corrected chi connectivity index (χ4v) is 3.07. The third-order valence-electron chi connectivity index (χ3n) is 4.02. The number of nitrogens with zero attached hydrogens (tertiary/aromatic N) is 1. The van der Waals surface area contributed by atoms with E-state index in [4.69, 9.17) is 38.4 Å². The number of allylic oxidation sites excluding steroid dienone is 2. The number of nitrogens with two attached hydrogens (primary N) is 1. The van der Waals surface area contributed by atoms with Crippen molar-refractivity contribution in [2.75, 3.05) is 18.1 Å². The number of carbonyl (C=O) groups excluding carboxylic acids is 1. The summed E-state index contributed by atoms with van der Waals surface area (Å²) in [5, 5.41) is 0.782. The minimum atomic E-state index is -0.300. The third-order valence-corrected chi connectivity index (χ3v) is 4.57. The predicted octanol–water partition coefficient (Wildman–Crippen LogP) is 4.71. The minimum Gasteiger partial charge on any atom is -0.490 e. The van der Waals surface area contributed by atoms with Crippen molar-refractivity contribution >= 4 is 34.8 Å². The third kappa shape index (κ3) is 4.16. The van der Waals surface area contributed by atoms with E-state index >= 15 is 0 Å². The first-order valence-electron chi connectivity index (χ1n) is 8.46. The summed E-state index contributed by atoms with van der Waals surface area (Å²) in [7, 11) is 0. The number of benzene rings is 2. The van der Waals surface area contributed by atoms with Crippen molar-refractivity contribution in [1.29, 1.82) is 0 Å². The molecule has 0 fully saturated rings. The van der Waals surface area contributed by atoms with Gasteiger partial charge in [-0.2, -0.15) is 0 Å². The van der Waals surface area contributed by atoms with Crippen molar-refractivity contribution in [3.8, 4) is 11.5 Å². The molecule has 0 radical (unpaired) electrons. The fraction of sp³-hybridized carbons (Fsp3) is 0.0952. The lowest BCUT2D eigenvalue weighted by Crippen LogP contribution is -2.39. The van der Waals surface area contributed by atoms with E-state index in [9.17, 15) is 4.79 Å². The maximum absolute atomic E-state index is 13.3. The molecule has 2 aromatic carbocycles. The van der Waals surface area contributed by atoms with E-state index in [0.717, 1.165) is 0 Å². The van der Waals surface area contributed by atoms with Gasteiger partial charge < -0.3 is 20.1 Å². The summed E-state index contributed by atoms with van der Waals surface area (Å²) in [6.45, 7) is 4.46. The molecule has 0 bridgehead atoms. The minimum absolute atomic E-state index is 0.137. The molecule has 1 aliphatic rings. The van der Waals surface area contributed by atoms with Crippen molar-refractivity contribution in [3.05, 3.63) is 88.8 Å². The molecular weight excluding hydrogens is 399 g/mol. The van der Waals surface area contributed by atoms with Crippen LogP contribution in [0.1, 0.15) is 0 Å². The second kappa shape index (κ2) is 8.87. The van der Waals surface area contributed by atoms with Crippen LogP contribution in [0.25, 0.3) is 0 Å². The second-order valence-electron chi connectivity index (χ2n) is 5.80. The lowest BCUT2D eigenvalue weighted by Gasteiger charge is -2.30. The van der Waals surface area contributed by atoms with Crippen molar-refractivity contribution < 1.29 is 14.3 Å². The predicted molar refractivity (Wildman–Crippen MR) is 112 cm³/mol. The van der Waals surface area contributed by atoms with E-state index in [1.807, 2.05) is 24.3 Å². The quantitative estimate of drug-likeness (QED) is 0.435. The van der Waals surface area contributed by atoms with E-state index in [1.165, 1.54) is 18.4 Å². The molecule has 144 valence electrons. The van der Waals surface area contributed by atoms with Gasteiger partial charge in [-0.05, 0) is 30.3 Å². The Labute approximate surface area is 173 Å². The van der Waals surface area contributed by atoms with Crippen molar-refractivity contribution in [3.63, 3.8) is 0 Å². The molecule has 3 rings (SSSR count). The molecule has 5 nitrogen and oxygen atoms in total. The van der Waals surface area contributed by atoms with Gasteiger partial charge in [0.15, 0.2) is 5.76 Å². The largest absolute Gasteiger partial charge is 0.490 e. The summed E-state index contributed by atoms with van der Waals surface area (Å²) in [6, 6.07) is 12.1. The molecule has 2 N–H and O–H groups in total. The average molecular weight is 417 g/mol. The van der Waals surface area contributed by atoms with Crippen molar-refractivity contribution in [1.82, 2.24) is 0 Å². The monoisotopic (exact) mass is 416 g/mol. The molecule has 1 heterocycles. The summed E-state index contributed by atoms with van der Waals surface area (Å²) in [5.74, 6) is 0.761. The number of hydrogen-bond donors (Lipinski definition) is 1. The van der Waals surface area contributed by atoms with E-state index in [0.29, 0.717) is 34.6 Å². The Morgan fingerprint density at radius 2 is 2.04 bits per heavy atom. The summed E-state index contributed by atoms with van der Waals surface area (Å²) in [4.78, 5) is 14.9. The van der Waals surface area contributed by atoms with Crippen LogP contribution in [0.3, 0.4) is 0 Å². The lowest BCUT2D eigenvalue weighted by atomic mass is 10.1. The molecule has 7 heteroatoms. The zero-order valence-corrected chi connectivity index (χ0v) is 16.4. The standard InChI is InChI=1S/C21H18Cl2N2O3/c1-2-5-15(20(13-24)28-19-12-14(22)8-9-16(19)23)21(26)25-10-11-27-18-7-4-3-6-17(18)25/h2-9,12-13H,1,10-11,24H2/b15-5+,20-13+. The Hall–Kier alpha value is -2.89. The van der Waals surface area contributed by atoms with E-state index < -0.39 is 0 Å². The molecule has 2 aromatic rings. The Morgan fingerprint density at radius 1 is 1.25 bits per heavy atom. The molecule has 0 aliphatic carbocycles. The summed E-state index contributed by atoms with van der Waals surface area (Å²) in [6.07, 6.45) is 4.24. The molecule has 1 amide bonds. The van der Waals surface area contributed by atoms with Gasteiger partial charge >= 0.3 is 0 Å². The molecule has 0 saturated carbocycles. The highest BCUT2D eigenvalue weighted by Gasteiger charge is 2.28. The molecule has 1 aliphatic heterocycles. The summed E-state index contributed by atoms with van der Waals surface area (Å²) >= 11 is 12.2. The first-order chi connectivity index (χ1) is 13.5. The highest BCUT2D eigenvalue weighted by Crippen LogP contribution is 2.34. The smallest absolute Gasteiger partial charge is 0.262 e. The van der Waals surface area contributed by atoms with Crippen LogP contribution in [0.2, 0.25) is 10.0 Å². The van der Waals surface area contributed by atoms with Gasteiger partial charge in [0.05, 0.1) is 22.8 Å². The van der Waals surface area contributed by atoms with Crippen LogP contribution in [0.4, 0.5) is 5.69 Å². The Morgan fingerprint density at radius 3 is 2.79 bits per heavy atom. The van der Waals surface area contributed by atoms with Crippen LogP contribution >= 0.6 is 23.2 Å². The van der Waals surface area contributed by atoms with Crippen LogP contribution in [0.5, 0.6) is 11.5 Å². The number of hydrogen-bond acceptors (Lipinski definition) is 4. The van der Waals surface area contributed by atoms with E-state index in [2.05, 4.69) is 6.58 Å². The topological polar surface area (TPSA) is 64.8 Å². The van der Waals surface area contributed by atoms with Gasteiger partial charge in [0.2, 0.25) is 0 Å². The maximum atomic E-state index is 13.3. The lowest BCUT2D eigenvalue weighted by molar-refractivity contribution is -0.115. The van der Waals surface area contributed by atoms with Gasteiger partial charge in [0.1, 0.15) is 18.1 Å². The number of rotatable bonds is 5. The van der Waals surface area contributed by atoms with Gasteiger partial charge in [-0.3, -0.25) is 4.79 Å². The van der Waals surface area contributed by atoms with Crippen LogP contribution in [0, 0.1) is 0 Å². The zero-order valence-electron chi connectivity index (χ0n) is 14.9. The van der Waals surface area contributed by atoms with Crippen molar-refractivity contribution in [2.24, 2.45) is 5.73 Å². The molecule has 0 spiro atoms. The molecule has 28 heavy (non-hydrogen) atoms. The highest BCUT2D eigenvalue weighted by molar-refractivity contribution is 6.34. The first-order valence-corrected chi connectivity index (χ1v) is 9.22. The SMILES string of the molecule is C=C/C=C(C(=O)N1CCOc2ccccc21)\C(=C/N)Oc1cc(Cl)ccc1Cl. The molecule has 0 aromatic heterocycles. The van der Waals surface area contributed by atoms with Crippen LogP contribution in [0.15, 0.2) is 78.7 Å². The van der Waals surface area contributed by atoms with Gasteiger partial charge in [0, 0.05) is 17.3 Å². The van der Waals surface area contributed by atoms with E-state index in [-0.39, 0.29) is 23.0 Å². The first kappa shape index (κ1) is 19.9. The Kier molecular flexibility index (Phi) is 6.29. The molecule has 0 saturated heterocycles. The van der Waals surface area contributed by atoms with E-state index in [1.54, 1.807) is 23.1 Å². The number of halogens is 2. The summed E-state index contributed by atoms with van der Waals surface area (Å²) in [5.41, 5.74) is 6.67. The van der Waals surface area contributed by atoms with Crippen molar-refractivity contribution in [2.45, 2.75) is 0 Å². The van der Waals surface area contributed by atoms with Gasteiger partial charge in [-0.1, -0.05) is 48.0 Å². The maximum Gasteiger partial charge on any atom is 0.262 e. The van der Waals surface area contributed by atoms with Crippen LogP contribution < -0.4 is 20.1 Å². The number of para-hydroxylation sites is 2. The zero-order chi connectivity index (χ0) is 20.1. The number of carbonyl (C=O) groups is 1. The van der Waals surface area contributed by atoms with Crippen LogP contribution in [-0.4, -0.2) is 19.1 Å². The number of fused-ring (bicyclic) bond motifs is 1. The number of anilines is 1. The fourth-order valence-electron chi connectivity index (χ4n) is 2.76. The number of amides is 1. The molecule has 0 unspecified atom stereocenters. The average Bonchev–Trinajstić information content (AvgIpc) is 2.72. The molecule has 0 atom stereocenters. The number of ether oxygens (including phenoxy) is 2. The normalized spacial score (nSPS) is 14.1. The van der Waals surface area contributed by atoms with Gasteiger partial charge in [-0.25, -0.2) is 0 Å². The van der Waals surface area contributed by atoms with Gasteiger partial charge in [-0.15, -0.1) is 0 Å². The van der Waals surface area contributed by atoms with Crippen LogP contribution in [-0.2, 0) is 4.79 Å². The highest BCUT2D eigenvalue weighted by atomic mass is 35.5. The Bertz CT molecular complexity index is 970. The second-order valence-corrected chi connectivity index (χ2v) is 6.64. The molecular formula is C21H18Cl2N2O3.